The third kappa shape index (κ3) is 4.14. The van der Waals surface area contributed by atoms with Gasteiger partial charge in [-0.3, -0.25) is 19.2 Å². The first kappa shape index (κ1) is 17.5. The highest BCUT2D eigenvalue weighted by Crippen LogP contribution is 2.29. The molecule has 0 aliphatic carbocycles. The van der Waals surface area contributed by atoms with Crippen LogP contribution in [0.2, 0.25) is 0 Å². The molecule has 0 N–H and O–H groups in total. The molecule has 1 saturated heterocycles. The zero-order chi connectivity index (χ0) is 17.0. The summed E-state index contributed by atoms with van der Waals surface area (Å²) in [7, 11) is 0. The van der Waals surface area contributed by atoms with Crippen molar-refractivity contribution in [1.29, 1.82) is 0 Å². The maximum atomic E-state index is 12.1. The average molecular weight is 343 g/mol. The fourth-order valence-electron chi connectivity index (χ4n) is 2.06. The van der Waals surface area contributed by atoms with Gasteiger partial charge in [0.15, 0.2) is 18.1 Å². The van der Waals surface area contributed by atoms with E-state index in [9.17, 15) is 19.2 Å². The monoisotopic (exact) mass is 343 g/mol. The van der Waals surface area contributed by atoms with Crippen LogP contribution in [-0.2, 0) is 28.7 Å². The van der Waals surface area contributed by atoms with Gasteiger partial charge >= 0.3 is 11.9 Å². The minimum absolute atomic E-state index is 0.0429. The van der Waals surface area contributed by atoms with E-state index in [0.717, 1.165) is 5.01 Å². The third-order valence-corrected chi connectivity index (χ3v) is 4.26. The van der Waals surface area contributed by atoms with E-state index >= 15 is 0 Å². The van der Waals surface area contributed by atoms with Gasteiger partial charge in [-0.2, -0.15) is 10.1 Å². The summed E-state index contributed by atoms with van der Waals surface area (Å²) < 4.78 is 10.3. The van der Waals surface area contributed by atoms with Crippen LogP contribution in [0.15, 0.2) is 10.3 Å². The van der Waals surface area contributed by atoms with Crippen LogP contribution < -0.4 is 0 Å². The lowest BCUT2D eigenvalue weighted by atomic mass is 10.0. The molecule has 3 atom stereocenters. The Hall–Kier alpha value is -1.81. The quantitative estimate of drug-likeness (QED) is 0.391. The second-order valence-corrected chi connectivity index (χ2v) is 6.19. The summed E-state index contributed by atoms with van der Waals surface area (Å²) in [5.41, 5.74) is -0.443. The summed E-state index contributed by atoms with van der Waals surface area (Å²) in [6.45, 7) is 3.12. The van der Waals surface area contributed by atoms with Crippen molar-refractivity contribution in [3.8, 4) is 0 Å². The summed E-state index contributed by atoms with van der Waals surface area (Å²) in [5, 5.41) is 8.19. The average Bonchev–Trinajstić information content (AvgIpc) is 2.96. The van der Waals surface area contributed by atoms with Gasteiger partial charge in [-0.25, -0.2) is 0 Å². The van der Waals surface area contributed by atoms with Crippen LogP contribution in [0.3, 0.4) is 0 Å². The Morgan fingerprint density at radius 2 is 2.17 bits per heavy atom. The Morgan fingerprint density at radius 3 is 2.83 bits per heavy atom. The van der Waals surface area contributed by atoms with E-state index in [1.165, 1.54) is 18.7 Å². The van der Waals surface area contributed by atoms with E-state index in [4.69, 9.17) is 9.47 Å². The number of ether oxygens (including phenoxy) is 2. The van der Waals surface area contributed by atoms with Gasteiger partial charge < -0.3 is 9.47 Å². The molecule has 0 bridgehead atoms. The minimum Gasteiger partial charge on any atom is -0.462 e. The van der Waals surface area contributed by atoms with Crippen LogP contribution in [0.5, 0.6) is 0 Å². The zero-order valence-electron chi connectivity index (χ0n) is 12.8. The molecule has 1 fully saturated rings. The zero-order valence-corrected chi connectivity index (χ0v) is 13.6. The number of carbonyl (C=O) groups is 4. The number of rotatable bonds is 6. The molecule has 2 aliphatic heterocycles. The molecule has 2 heterocycles. The highest BCUT2D eigenvalue weighted by Gasteiger charge is 2.43. The van der Waals surface area contributed by atoms with Gasteiger partial charge in [-0.15, -0.1) is 11.8 Å². The van der Waals surface area contributed by atoms with E-state index in [1.807, 2.05) is 0 Å². The highest BCUT2D eigenvalue weighted by molar-refractivity contribution is 8.00. The molecular weight excluding hydrogens is 326 g/mol. The smallest absolute Gasteiger partial charge is 0.316 e. The summed E-state index contributed by atoms with van der Waals surface area (Å²) in [5.74, 6) is -2.29. The maximum absolute atomic E-state index is 12.1. The van der Waals surface area contributed by atoms with E-state index in [-0.39, 0.29) is 13.0 Å². The molecule has 1 amide bonds. The third-order valence-electron chi connectivity index (χ3n) is 3.16. The van der Waals surface area contributed by atoms with E-state index in [0.29, 0.717) is 12.2 Å². The topological polar surface area (TPSA) is 115 Å². The first-order valence-corrected chi connectivity index (χ1v) is 8.20. The Labute approximate surface area is 136 Å². The lowest BCUT2D eigenvalue weighted by Gasteiger charge is -2.25. The van der Waals surface area contributed by atoms with Crippen molar-refractivity contribution in [2.75, 3.05) is 12.4 Å². The Bertz CT molecular complexity index is 552. The fourth-order valence-corrected chi connectivity index (χ4v) is 3.03. The van der Waals surface area contributed by atoms with E-state index in [1.54, 1.807) is 6.92 Å². The van der Waals surface area contributed by atoms with Crippen LogP contribution in [0.1, 0.15) is 26.7 Å². The molecule has 2 aliphatic rings. The molecule has 2 rings (SSSR count). The molecule has 126 valence electrons. The van der Waals surface area contributed by atoms with Crippen molar-refractivity contribution in [2.45, 2.75) is 44.4 Å². The van der Waals surface area contributed by atoms with Crippen molar-refractivity contribution in [3.63, 3.8) is 0 Å². The van der Waals surface area contributed by atoms with Crippen LogP contribution in [0, 0.1) is 0 Å². The van der Waals surface area contributed by atoms with Crippen molar-refractivity contribution >= 4 is 35.2 Å². The molecule has 0 aromatic carbocycles. The van der Waals surface area contributed by atoms with Crippen molar-refractivity contribution in [2.24, 2.45) is 10.3 Å². The van der Waals surface area contributed by atoms with Crippen LogP contribution >= 0.6 is 11.8 Å². The molecule has 0 radical (unpaired) electrons. The number of carbonyl (C=O) groups excluding carboxylic acids is 4. The molecular formula is C13H17N3O6S. The number of hydrogen-bond donors (Lipinski definition) is 0. The Balaban J connectivity index is 1.98. The number of nitrogens with zero attached hydrogens (tertiary/aromatic N) is 3. The van der Waals surface area contributed by atoms with Crippen LogP contribution in [0.25, 0.3) is 0 Å². The lowest BCUT2D eigenvalue weighted by Crippen LogP contribution is -2.49. The van der Waals surface area contributed by atoms with Crippen molar-refractivity contribution in [1.82, 2.24) is 5.01 Å². The maximum Gasteiger partial charge on any atom is 0.316 e. The number of amides is 1. The Morgan fingerprint density at radius 1 is 1.43 bits per heavy atom. The molecule has 3 unspecified atom stereocenters. The van der Waals surface area contributed by atoms with Gasteiger partial charge in [-0.05, 0) is 6.42 Å². The van der Waals surface area contributed by atoms with Crippen molar-refractivity contribution in [3.05, 3.63) is 0 Å². The predicted octanol–water partition coefficient (Wildman–Crippen LogP) is 0.481. The van der Waals surface area contributed by atoms with Crippen LogP contribution in [0.4, 0.5) is 0 Å². The fraction of sp³-hybridized carbons (Fsp3) is 0.692. The molecule has 10 heteroatoms. The number of esters is 1. The normalized spacial score (nSPS) is 27.4. The summed E-state index contributed by atoms with van der Waals surface area (Å²) >= 11 is 1.33. The van der Waals surface area contributed by atoms with E-state index in [2.05, 4.69) is 10.3 Å². The first-order chi connectivity index (χ1) is 10.9. The summed E-state index contributed by atoms with van der Waals surface area (Å²) in [4.78, 5) is 46.6. The van der Waals surface area contributed by atoms with Gasteiger partial charge in [0.1, 0.15) is 12.0 Å². The summed E-state index contributed by atoms with van der Waals surface area (Å²) in [6.07, 6.45) is -0.0397. The van der Waals surface area contributed by atoms with Gasteiger partial charge in [-0.1, -0.05) is 12.1 Å². The van der Waals surface area contributed by atoms with Crippen LogP contribution in [-0.4, -0.2) is 58.5 Å². The Kier molecular flexibility index (Phi) is 5.83. The largest absolute Gasteiger partial charge is 0.462 e. The molecule has 0 spiro atoms. The highest BCUT2D eigenvalue weighted by atomic mass is 32.2. The van der Waals surface area contributed by atoms with E-state index < -0.39 is 41.1 Å². The SMILES string of the molecule is CCCC(=O)C1N=NN(C2CSC(COC(C)=O)O2)C(=O)C1=O. The van der Waals surface area contributed by atoms with Gasteiger partial charge in [0.25, 0.3) is 5.78 Å². The van der Waals surface area contributed by atoms with Crippen molar-refractivity contribution < 1.29 is 28.7 Å². The number of hydrogen-bond acceptors (Lipinski definition) is 9. The minimum atomic E-state index is -1.34. The summed E-state index contributed by atoms with van der Waals surface area (Å²) in [6, 6.07) is -1.34. The molecule has 23 heavy (non-hydrogen) atoms. The number of thioether (sulfide) groups is 1. The number of ketones is 2. The second-order valence-electron chi connectivity index (χ2n) is 4.99. The second kappa shape index (κ2) is 7.64. The molecule has 0 saturated carbocycles. The molecule has 0 aromatic heterocycles. The molecule has 9 nitrogen and oxygen atoms in total. The first-order valence-electron chi connectivity index (χ1n) is 7.15. The van der Waals surface area contributed by atoms with Gasteiger partial charge in [0.2, 0.25) is 0 Å². The number of Topliss-reactive ketones (excluding diaryl/α,β-unsaturated/α-hetero) is 2. The standard InChI is InChI=1S/C13H17N3O6S/c1-3-4-8(18)11-12(19)13(20)16(15-14-11)9-6-23-10(22-9)5-21-7(2)17/h9-11H,3-6H2,1-2H3. The lowest BCUT2D eigenvalue weighted by molar-refractivity contribution is -0.161. The molecule has 0 aromatic rings. The predicted molar refractivity (Wildman–Crippen MR) is 78.2 cm³/mol. The van der Waals surface area contributed by atoms with Gasteiger partial charge in [0.05, 0.1) is 0 Å². The van der Waals surface area contributed by atoms with Gasteiger partial charge in [0, 0.05) is 19.1 Å².